The van der Waals surface area contributed by atoms with Crippen LogP contribution < -0.4 is 5.32 Å². The van der Waals surface area contributed by atoms with Gasteiger partial charge in [-0.3, -0.25) is 9.59 Å². The summed E-state index contributed by atoms with van der Waals surface area (Å²) in [6.45, 7) is 0.256. The van der Waals surface area contributed by atoms with Crippen molar-refractivity contribution in [2.45, 2.75) is 36.3 Å². The Kier molecular flexibility index (Phi) is 5.48. The highest BCUT2D eigenvalue weighted by atomic mass is 32.2. The second-order valence-corrected chi connectivity index (χ2v) is 7.37. The van der Waals surface area contributed by atoms with Crippen LogP contribution in [-0.4, -0.2) is 29.3 Å². The number of nitrogens with one attached hydrogen (secondary N) is 1. The van der Waals surface area contributed by atoms with Gasteiger partial charge in [0.15, 0.2) is 0 Å². The highest BCUT2D eigenvalue weighted by molar-refractivity contribution is 8.01. The van der Waals surface area contributed by atoms with Crippen LogP contribution in [0.4, 0.5) is 0 Å². The lowest BCUT2D eigenvalue weighted by Crippen LogP contribution is -2.44. The summed E-state index contributed by atoms with van der Waals surface area (Å²) in [5.74, 6) is -0.519. The Morgan fingerprint density at radius 1 is 1.35 bits per heavy atom. The van der Waals surface area contributed by atoms with Gasteiger partial charge in [0, 0.05) is 6.54 Å². The van der Waals surface area contributed by atoms with Gasteiger partial charge < -0.3 is 10.4 Å². The molecule has 0 unspecified atom stereocenters. The largest absolute Gasteiger partial charge is 0.481 e. The summed E-state index contributed by atoms with van der Waals surface area (Å²) in [5.41, 5.74) is -0.749. The first-order valence-corrected chi connectivity index (χ1v) is 8.65. The SMILES string of the molecule is O=C(CSc1cccs1)NCC1(C(=O)O)CCCCC1. The number of carboxylic acids is 1. The van der Waals surface area contributed by atoms with Gasteiger partial charge in [0.1, 0.15) is 0 Å². The normalized spacial score (nSPS) is 17.6. The molecule has 0 saturated heterocycles. The molecule has 0 radical (unpaired) electrons. The van der Waals surface area contributed by atoms with E-state index in [1.165, 1.54) is 11.8 Å². The monoisotopic (exact) mass is 313 g/mol. The van der Waals surface area contributed by atoms with Crippen LogP contribution in [-0.2, 0) is 9.59 Å². The van der Waals surface area contributed by atoms with Crippen molar-refractivity contribution in [3.8, 4) is 0 Å². The molecule has 1 aliphatic carbocycles. The molecular formula is C14H19NO3S2. The van der Waals surface area contributed by atoms with Crippen LogP contribution in [0.25, 0.3) is 0 Å². The molecule has 1 amide bonds. The van der Waals surface area contributed by atoms with E-state index in [1.807, 2.05) is 17.5 Å². The number of amides is 1. The molecule has 1 heterocycles. The standard InChI is InChI=1S/C14H19NO3S2/c16-11(9-20-12-5-4-8-19-12)15-10-14(13(17)18)6-2-1-3-7-14/h4-5,8H,1-3,6-7,9-10H2,(H,15,16)(H,17,18). The summed E-state index contributed by atoms with van der Waals surface area (Å²) in [6.07, 6.45) is 4.30. The highest BCUT2D eigenvalue weighted by Gasteiger charge is 2.39. The van der Waals surface area contributed by atoms with Crippen molar-refractivity contribution in [1.29, 1.82) is 0 Å². The Bertz CT molecular complexity index is 453. The van der Waals surface area contributed by atoms with Crippen LogP contribution in [0.1, 0.15) is 32.1 Å². The van der Waals surface area contributed by atoms with Crippen molar-refractivity contribution in [2.75, 3.05) is 12.3 Å². The van der Waals surface area contributed by atoms with Crippen LogP contribution in [0.15, 0.2) is 21.7 Å². The van der Waals surface area contributed by atoms with Gasteiger partial charge in [-0.15, -0.1) is 23.1 Å². The molecule has 0 aliphatic heterocycles. The smallest absolute Gasteiger partial charge is 0.311 e. The Labute approximate surface area is 127 Å². The van der Waals surface area contributed by atoms with E-state index >= 15 is 0 Å². The van der Waals surface area contributed by atoms with E-state index in [4.69, 9.17) is 0 Å². The van der Waals surface area contributed by atoms with Gasteiger partial charge in [0.25, 0.3) is 0 Å². The van der Waals surface area contributed by atoms with Crippen LogP contribution in [0, 0.1) is 5.41 Å². The van der Waals surface area contributed by atoms with Crippen molar-refractivity contribution >= 4 is 35.0 Å². The zero-order chi connectivity index (χ0) is 14.4. The molecule has 2 N–H and O–H groups in total. The topological polar surface area (TPSA) is 66.4 Å². The fourth-order valence-corrected chi connectivity index (χ4v) is 4.11. The van der Waals surface area contributed by atoms with Gasteiger partial charge >= 0.3 is 5.97 Å². The molecule has 1 aromatic rings. The molecular weight excluding hydrogens is 294 g/mol. The second kappa shape index (κ2) is 7.13. The summed E-state index contributed by atoms with van der Waals surface area (Å²) < 4.78 is 1.10. The summed E-state index contributed by atoms with van der Waals surface area (Å²) in [4.78, 5) is 23.3. The van der Waals surface area contributed by atoms with Gasteiger partial charge in [0.05, 0.1) is 15.4 Å². The Morgan fingerprint density at radius 2 is 2.10 bits per heavy atom. The fourth-order valence-electron chi connectivity index (χ4n) is 2.50. The summed E-state index contributed by atoms with van der Waals surface area (Å²) in [5, 5.41) is 14.2. The second-order valence-electron chi connectivity index (χ2n) is 5.14. The number of carbonyl (C=O) groups is 2. The number of hydrogen-bond acceptors (Lipinski definition) is 4. The van der Waals surface area contributed by atoms with Crippen molar-refractivity contribution in [1.82, 2.24) is 5.32 Å². The first-order chi connectivity index (χ1) is 9.62. The predicted molar refractivity (Wildman–Crippen MR) is 81.2 cm³/mol. The van der Waals surface area contributed by atoms with E-state index in [0.717, 1.165) is 23.5 Å². The molecule has 0 spiro atoms. The summed E-state index contributed by atoms with van der Waals surface area (Å²) in [7, 11) is 0. The maximum absolute atomic E-state index is 11.8. The first-order valence-electron chi connectivity index (χ1n) is 6.79. The molecule has 110 valence electrons. The molecule has 1 aliphatic rings. The minimum atomic E-state index is -0.775. The Balaban J connectivity index is 1.80. The molecule has 0 bridgehead atoms. The predicted octanol–water partition coefficient (Wildman–Crippen LogP) is 2.99. The maximum atomic E-state index is 11.8. The fraction of sp³-hybridized carbons (Fsp3) is 0.571. The molecule has 6 heteroatoms. The van der Waals surface area contributed by atoms with Crippen molar-refractivity contribution in [3.05, 3.63) is 17.5 Å². The van der Waals surface area contributed by atoms with Gasteiger partial charge in [-0.2, -0.15) is 0 Å². The van der Waals surface area contributed by atoms with E-state index < -0.39 is 11.4 Å². The van der Waals surface area contributed by atoms with Crippen molar-refractivity contribution in [3.63, 3.8) is 0 Å². The van der Waals surface area contributed by atoms with Gasteiger partial charge in [-0.05, 0) is 24.3 Å². The van der Waals surface area contributed by atoms with Gasteiger partial charge in [-0.25, -0.2) is 0 Å². The summed E-state index contributed by atoms with van der Waals surface area (Å²) in [6, 6.07) is 3.93. The van der Waals surface area contributed by atoms with E-state index in [2.05, 4.69) is 5.32 Å². The quantitative estimate of drug-likeness (QED) is 0.792. The number of thioether (sulfide) groups is 1. The van der Waals surface area contributed by atoms with Crippen LogP contribution in [0.2, 0.25) is 0 Å². The van der Waals surface area contributed by atoms with Crippen molar-refractivity contribution in [2.24, 2.45) is 5.41 Å². The van der Waals surface area contributed by atoms with E-state index in [-0.39, 0.29) is 12.5 Å². The molecule has 20 heavy (non-hydrogen) atoms. The summed E-state index contributed by atoms with van der Waals surface area (Å²) >= 11 is 3.09. The zero-order valence-electron chi connectivity index (χ0n) is 11.3. The van der Waals surface area contributed by atoms with E-state index in [1.54, 1.807) is 11.3 Å². The number of aliphatic carboxylic acids is 1. The lowest BCUT2D eigenvalue weighted by atomic mass is 9.74. The van der Waals surface area contributed by atoms with Gasteiger partial charge in [0.2, 0.25) is 5.91 Å². The zero-order valence-corrected chi connectivity index (χ0v) is 12.9. The molecule has 1 aromatic heterocycles. The molecule has 1 fully saturated rings. The first kappa shape index (κ1) is 15.4. The minimum Gasteiger partial charge on any atom is -0.481 e. The molecule has 2 rings (SSSR count). The number of carbonyl (C=O) groups excluding carboxylic acids is 1. The number of thiophene rings is 1. The van der Waals surface area contributed by atoms with Crippen LogP contribution >= 0.6 is 23.1 Å². The molecule has 0 atom stereocenters. The van der Waals surface area contributed by atoms with Gasteiger partial charge in [-0.1, -0.05) is 25.3 Å². The third kappa shape index (κ3) is 3.99. The molecule has 4 nitrogen and oxygen atoms in total. The Morgan fingerprint density at radius 3 is 2.70 bits per heavy atom. The van der Waals surface area contributed by atoms with E-state index in [9.17, 15) is 14.7 Å². The average Bonchev–Trinajstić information content (AvgIpc) is 2.97. The third-order valence-electron chi connectivity index (χ3n) is 3.73. The maximum Gasteiger partial charge on any atom is 0.311 e. The van der Waals surface area contributed by atoms with E-state index in [0.29, 0.717) is 18.6 Å². The van der Waals surface area contributed by atoms with Crippen LogP contribution in [0.5, 0.6) is 0 Å². The lowest BCUT2D eigenvalue weighted by molar-refractivity contribution is -0.150. The molecule has 1 saturated carbocycles. The number of hydrogen-bond donors (Lipinski definition) is 2. The minimum absolute atomic E-state index is 0.0883. The van der Waals surface area contributed by atoms with Crippen molar-refractivity contribution < 1.29 is 14.7 Å². The average molecular weight is 313 g/mol. The lowest BCUT2D eigenvalue weighted by Gasteiger charge is -2.33. The van der Waals surface area contributed by atoms with Crippen LogP contribution in [0.3, 0.4) is 0 Å². The number of rotatable bonds is 6. The highest BCUT2D eigenvalue weighted by Crippen LogP contribution is 2.36. The molecule has 0 aromatic carbocycles. The Hall–Kier alpha value is -1.01. The third-order valence-corrected chi connectivity index (χ3v) is 5.86. The number of carboxylic acid groups (broad SMARTS) is 1.